The molecule has 0 aliphatic carbocycles. The highest BCUT2D eigenvalue weighted by Crippen LogP contribution is 2.13. The lowest BCUT2D eigenvalue weighted by molar-refractivity contribution is -0.122. The lowest BCUT2D eigenvalue weighted by Gasteiger charge is -2.23. The van der Waals surface area contributed by atoms with Crippen LogP contribution in [0.15, 0.2) is 29.1 Å². The molecule has 0 unspecified atom stereocenters. The van der Waals surface area contributed by atoms with E-state index in [0.29, 0.717) is 19.5 Å². The van der Waals surface area contributed by atoms with Crippen LogP contribution in [0.1, 0.15) is 32.6 Å². The standard InChI is InChI=1S/C18H26N4O2/c1-2-11-21-15-7-3-4-8-16(15)22(18(21)24)12-9-17(23)20-14-6-5-10-19-13-14/h3-4,7-8,14,19H,2,5-6,9-13H2,1H3,(H,20,23)/t14-/m0/s1. The maximum Gasteiger partial charge on any atom is 0.329 e. The largest absolute Gasteiger partial charge is 0.352 e. The van der Waals surface area contributed by atoms with E-state index < -0.39 is 0 Å². The molecule has 0 bridgehead atoms. The van der Waals surface area contributed by atoms with Gasteiger partial charge < -0.3 is 10.6 Å². The Morgan fingerprint density at radius 1 is 1.25 bits per heavy atom. The van der Waals surface area contributed by atoms with E-state index in [-0.39, 0.29) is 17.6 Å². The third-order valence-electron chi connectivity index (χ3n) is 4.60. The number of amides is 1. The number of para-hydroxylation sites is 2. The number of rotatable bonds is 6. The summed E-state index contributed by atoms with van der Waals surface area (Å²) in [6.45, 7) is 5.04. The number of nitrogens with one attached hydrogen (secondary N) is 2. The van der Waals surface area contributed by atoms with E-state index in [1.807, 2.05) is 24.3 Å². The van der Waals surface area contributed by atoms with Crippen molar-refractivity contribution < 1.29 is 4.79 Å². The quantitative estimate of drug-likeness (QED) is 0.843. The molecule has 1 atom stereocenters. The van der Waals surface area contributed by atoms with Crippen molar-refractivity contribution in [2.45, 2.75) is 51.7 Å². The molecule has 1 aliphatic rings. The average Bonchev–Trinajstić information content (AvgIpc) is 2.86. The number of benzene rings is 1. The Morgan fingerprint density at radius 2 is 1.96 bits per heavy atom. The Morgan fingerprint density at radius 3 is 2.58 bits per heavy atom. The number of carbonyl (C=O) groups is 1. The van der Waals surface area contributed by atoms with Crippen molar-refractivity contribution in [2.24, 2.45) is 0 Å². The number of aryl methyl sites for hydroxylation is 2. The fraction of sp³-hybridized carbons (Fsp3) is 0.556. The van der Waals surface area contributed by atoms with Crippen molar-refractivity contribution in [2.75, 3.05) is 13.1 Å². The summed E-state index contributed by atoms with van der Waals surface area (Å²) in [7, 11) is 0. The zero-order valence-electron chi connectivity index (χ0n) is 14.3. The maximum atomic E-state index is 12.7. The number of imidazole rings is 1. The van der Waals surface area contributed by atoms with Gasteiger partial charge in [-0.25, -0.2) is 4.79 Å². The van der Waals surface area contributed by atoms with E-state index in [2.05, 4.69) is 17.6 Å². The Labute approximate surface area is 141 Å². The molecule has 0 saturated carbocycles. The van der Waals surface area contributed by atoms with E-state index in [1.165, 1.54) is 0 Å². The third kappa shape index (κ3) is 3.53. The van der Waals surface area contributed by atoms with Crippen LogP contribution in [0.25, 0.3) is 11.0 Å². The van der Waals surface area contributed by atoms with Crippen LogP contribution in [-0.4, -0.2) is 34.2 Å². The highest BCUT2D eigenvalue weighted by molar-refractivity contribution is 5.78. The van der Waals surface area contributed by atoms with Gasteiger partial charge in [0.1, 0.15) is 0 Å². The van der Waals surface area contributed by atoms with Crippen molar-refractivity contribution in [3.05, 3.63) is 34.7 Å². The first-order valence-electron chi connectivity index (χ1n) is 8.89. The van der Waals surface area contributed by atoms with Crippen molar-refractivity contribution in [3.8, 4) is 0 Å². The summed E-state index contributed by atoms with van der Waals surface area (Å²) in [6, 6.07) is 8.01. The molecule has 0 spiro atoms. The smallest absolute Gasteiger partial charge is 0.329 e. The van der Waals surface area contributed by atoms with Crippen molar-refractivity contribution in [1.82, 2.24) is 19.8 Å². The van der Waals surface area contributed by atoms with Gasteiger partial charge >= 0.3 is 5.69 Å². The number of fused-ring (bicyclic) bond motifs is 1. The van der Waals surface area contributed by atoms with Gasteiger partial charge in [-0.05, 0) is 37.9 Å². The Hall–Kier alpha value is -2.08. The summed E-state index contributed by atoms with van der Waals surface area (Å²) in [5.74, 6) is 0.0166. The molecule has 130 valence electrons. The predicted molar refractivity (Wildman–Crippen MR) is 95.1 cm³/mol. The number of hydrogen-bond acceptors (Lipinski definition) is 3. The van der Waals surface area contributed by atoms with Crippen LogP contribution in [0.4, 0.5) is 0 Å². The Kier molecular flexibility index (Phi) is 5.35. The third-order valence-corrected chi connectivity index (χ3v) is 4.60. The fourth-order valence-electron chi connectivity index (χ4n) is 3.42. The summed E-state index contributed by atoms with van der Waals surface area (Å²) in [5.41, 5.74) is 1.83. The monoisotopic (exact) mass is 330 g/mol. The van der Waals surface area contributed by atoms with Crippen LogP contribution in [-0.2, 0) is 17.9 Å². The second-order valence-corrected chi connectivity index (χ2v) is 6.44. The number of hydrogen-bond donors (Lipinski definition) is 2. The summed E-state index contributed by atoms with van der Waals surface area (Å²) < 4.78 is 3.53. The van der Waals surface area contributed by atoms with Gasteiger partial charge in [0.15, 0.2) is 0 Å². The molecule has 1 aliphatic heterocycles. The van der Waals surface area contributed by atoms with E-state index >= 15 is 0 Å². The molecular formula is C18H26N4O2. The van der Waals surface area contributed by atoms with Crippen molar-refractivity contribution >= 4 is 16.9 Å². The molecule has 24 heavy (non-hydrogen) atoms. The van der Waals surface area contributed by atoms with Gasteiger partial charge in [0.05, 0.1) is 11.0 Å². The Balaban J connectivity index is 1.71. The minimum Gasteiger partial charge on any atom is -0.352 e. The van der Waals surface area contributed by atoms with E-state index in [9.17, 15) is 9.59 Å². The van der Waals surface area contributed by atoms with Crippen LogP contribution in [0.2, 0.25) is 0 Å². The molecule has 1 aromatic heterocycles. The predicted octanol–water partition coefficient (Wildman–Crippen LogP) is 1.47. The van der Waals surface area contributed by atoms with Gasteiger partial charge in [0.25, 0.3) is 0 Å². The normalized spacial score (nSPS) is 18.0. The molecule has 1 saturated heterocycles. The van der Waals surface area contributed by atoms with Crippen LogP contribution in [0.5, 0.6) is 0 Å². The second-order valence-electron chi connectivity index (χ2n) is 6.44. The highest BCUT2D eigenvalue weighted by atomic mass is 16.2. The number of piperidine rings is 1. The first-order valence-corrected chi connectivity index (χ1v) is 8.89. The minimum atomic E-state index is -0.0230. The molecular weight excluding hydrogens is 304 g/mol. The van der Waals surface area contributed by atoms with Gasteiger partial charge in [0.2, 0.25) is 5.91 Å². The molecule has 0 radical (unpaired) electrons. The van der Waals surface area contributed by atoms with Gasteiger partial charge in [-0.15, -0.1) is 0 Å². The van der Waals surface area contributed by atoms with Crippen LogP contribution >= 0.6 is 0 Å². The fourth-order valence-corrected chi connectivity index (χ4v) is 3.42. The highest BCUT2D eigenvalue weighted by Gasteiger charge is 2.17. The molecule has 1 fully saturated rings. The minimum absolute atomic E-state index is 0.0166. The van der Waals surface area contributed by atoms with E-state index in [0.717, 1.165) is 43.4 Å². The lowest BCUT2D eigenvalue weighted by Crippen LogP contribution is -2.45. The summed E-state index contributed by atoms with van der Waals surface area (Å²) >= 11 is 0. The SMILES string of the molecule is CCCn1c(=O)n(CCC(=O)N[C@H]2CCCNC2)c2ccccc21. The van der Waals surface area contributed by atoms with Crippen molar-refractivity contribution in [3.63, 3.8) is 0 Å². The summed E-state index contributed by atoms with van der Waals surface area (Å²) in [4.78, 5) is 24.9. The molecule has 2 heterocycles. The molecule has 2 aromatic rings. The first-order chi connectivity index (χ1) is 11.7. The number of carbonyl (C=O) groups excluding carboxylic acids is 1. The van der Waals surface area contributed by atoms with Crippen LogP contribution in [0, 0.1) is 0 Å². The second kappa shape index (κ2) is 7.66. The van der Waals surface area contributed by atoms with E-state index in [4.69, 9.17) is 0 Å². The molecule has 6 nitrogen and oxygen atoms in total. The zero-order valence-corrected chi connectivity index (χ0v) is 14.3. The number of nitrogens with zero attached hydrogens (tertiary/aromatic N) is 2. The van der Waals surface area contributed by atoms with Gasteiger partial charge in [0, 0.05) is 32.1 Å². The van der Waals surface area contributed by atoms with Gasteiger partial charge in [-0.2, -0.15) is 0 Å². The summed E-state index contributed by atoms with van der Waals surface area (Å²) in [6.07, 6.45) is 3.35. The average molecular weight is 330 g/mol. The maximum absolute atomic E-state index is 12.7. The zero-order chi connectivity index (χ0) is 16.9. The van der Waals surface area contributed by atoms with Crippen molar-refractivity contribution in [1.29, 1.82) is 0 Å². The van der Waals surface area contributed by atoms with Crippen LogP contribution < -0.4 is 16.3 Å². The van der Waals surface area contributed by atoms with E-state index in [1.54, 1.807) is 9.13 Å². The first kappa shape index (κ1) is 16.8. The molecule has 1 aromatic carbocycles. The van der Waals surface area contributed by atoms with Gasteiger partial charge in [-0.3, -0.25) is 13.9 Å². The molecule has 1 amide bonds. The Bertz CT molecular complexity index is 756. The topological polar surface area (TPSA) is 68.1 Å². The summed E-state index contributed by atoms with van der Waals surface area (Å²) in [5, 5.41) is 6.36. The molecule has 2 N–H and O–H groups in total. The van der Waals surface area contributed by atoms with Crippen LogP contribution in [0.3, 0.4) is 0 Å². The molecule has 6 heteroatoms. The number of aromatic nitrogens is 2. The lowest BCUT2D eigenvalue weighted by atomic mass is 10.1. The van der Waals surface area contributed by atoms with Gasteiger partial charge in [-0.1, -0.05) is 19.1 Å². The molecule has 3 rings (SSSR count).